The van der Waals surface area contributed by atoms with Crippen LogP contribution < -0.4 is 11.5 Å². The van der Waals surface area contributed by atoms with E-state index in [1.807, 2.05) is 24.3 Å². The molecular formula is C27H26N2S2. The van der Waals surface area contributed by atoms with E-state index in [1.165, 1.54) is 11.1 Å². The molecule has 4 rings (SSSR count). The molecule has 4 aromatic carbocycles. The second kappa shape index (κ2) is 8.37. The number of thiol groups is 2. The van der Waals surface area contributed by atoms with Gasteiger partial charge in [-0.2, -0.15) is 0 Å². The van der Waals surface area contributed by atoms with Crippen LogP contribution in [0.25, 0.3) is 22.3 Å². The summed E-state index contributed by atoms with van der Waals surface area (Å²) in [5, 5.41) is 0. The van der Waals surface area contributed by atoms with Gasteiger partial charge in [0.2, 0.25) is 0 Å². The van der Waals surface area contributed by atoms with E-state index < -0.39 is 0 Å². The van der Waals surface area contributed by atoms with E-state index in [1.54, 1.807) is 0 Å². The van der Waals surface area contributed by atoms with Crippen LogP contribution in [0.5, 0.6) is 0 Å². The van der Waals surface area contributed by atoms with E-state index in [0.29, 0.717) is 11.4 Å². The van der Waals surface area contributed by atoms with E-state index in [2.05, 4.69) is 99.8 Å². The molecule has 4 aromatic rings. The zero-order valence-electron chi connectivity index (χ0n) is 17.6. The van der Waals surface area contributed by atoms with Gasteiger partial charge in [0.15, 0.2) is 0 Å². The highest BCUT2D eigenvalue weighted by Crippen LogP contribution is 2.42. The molecule has 0 fully saturated rings. The van der Waals surface area contributed by atoms with Crippen LogP contribution >= 0.6 is 25.3 Å². The molecule has 0 saturated heterocycles. The molecule has 0 aliphatic rings. The number of rotatable bonds is 4. The second-order valence-electron chi connectivity index (χ2n) is 8.26. The summed E-state index contributed by atoms with van der Waals surface area (Å²) in [5.74, 6) is 0. The first-order valence-electron chi connectivity index (χ1n) is 10.2. The Morgan fingerprint density at radius 2 is 0.968 bits per heavy atom. The van der Waals surface area contributed by atoms with Crippen molar-refractivity contribution in [3.05, 3.63) is 96.1 Å². The largest absolute Gasteiger partial charge is 0.398 e. The Bertz CT molecular complexity index is 1160. The lowest BCUT2D eigenvalue weighted by Gasteiger charge is -2.31. The van der Waals surface area contributed by atoms with Gasteiger partial charge in [0.25, 0.3) is 0 Å². The molecule has 31 heavy (non-hydrogen) atoms. The summed E-state index contributed by atoms with van der Waals surface area (Å²) >= 11 is 8.85. The first kappa shape index (κ1) is 21.4. The van der Waals surface area contributed by atoms with Gasteiger partial charge in [-0.05, 0) is 57.6 Å². The average Bonchev–Trinajstić information content (AvgIpc) is 2.77. The van der Waals surface area contributed by atoms with Crippen molar-refractivity contribution in [2.75, 3.05) is 11.5 Å². The van der Waals surface area contributed by atoms with E-state index in [9.17, 15) is 0 Å². The molecule has 4 heteroatoms. The molecular weight excluding hydrogens is 416 g/mol. The maximum Gasteiger partial charge on any atom is 0.0455 e. The van der Waals surface area contributed by atoms with Crippen molar-refractivity contribution in [3.63, 3.8) is 0 Å². The van der Waals surface area contributed by atoms with Crippen molar-refractivity contribution in [1.29, 1.82) is 0 Å². The number of hydrogen-bond acceptors (Lipinski definition) is 4. The molecule has 0 aliphatic heterocycles. The third kappa shape index (κ3) is 4.06. The minimum atomic E-state index is -0.268. The summed E-state index contributed by atoms with van der Waals surface area (Å²) in [6.07, 6.45) is 0. The topological polar surface area (TPSA) is 52.0 Å². The Morgan fingerprint density at radius 1 is 0.581 bits per heavy atom. The van der Waals surface area contributed by atoms with Crippen LogP contribution in [0, 0.1) is 0 Å². The Balaban J connectivity index is 1.89. The molecule has 0 amide bonds. The average molecular weight is 443 g/mol. The molecule has 0 bridgehead atoms. The smallest absolute Gasteiger partial charge is 0.0455 e. The summed E-state index contributed by atoms with van der Waals surface area (Å²) in [6.45, 7) is 4.52. The quantitative estimate of drug-likeness (QED) is 0.201. The fourth-order valence-corrected chi connectivity index (χ4v) is 4.43. The zero-order valence-corrected chi connectivity index (χ0v) is 19.4. The highest BCUT2D eigenvalue weighted by molar-refractivity contribution is 7.80. The Hall–Kier alpha value is -2.82. The van der Waals surface area contributed by atoms with Gasteiger partial charge in [-0.25, -0.2) is 0 Å². The lowest BCUT2D eigenvalue weighted by Crippen LogP contribution is -2.21. The third-order valence-corrected chi connectivity index (χ3v) is 6.69. The minimum Gasteiger partial charge on any atom is -0.398 e. The van der Waals surface area contributed by atoms with E-state index in [4.69, 9.17) is 11.5 Å². The normalized spacial score (nSPS) is 11.5. The van der Waals surface area contributed by atoms with Crippen LogP contribution in [0.15, 0.2) is 94.7 Å². The number of nitrogens with two attached hydrogens (primary N) is 2. The fraction of sp³-hybridized carbons (Fsp3) is 0.111. The summed E-state index contributed by atoms with van der Waals surface area (Å²) in [4.78, 5) is 1.58. The summed E-state index contributed by atoms with van der Waals surface area (Å²) in [6, 6.07) is 29.1. The fourth-order valence-electron chi connectivity index (χ4n) is 4.15. The van der Waals surface area contributed by atoms with Crippen LogP contribution in [0.1, 0.15) is 25.0 Å². The Labute approximate surface area is 195 Å². The molecule has 0 spiro atoms. The molecule has 0 unspecified atom stereocenters. The second-order valence-corrected chi connectivity index (χ2v) is 9.23. The summed E-state index contributed by atoms with van der Waals surface area (Å²) < 4.78 is 0. The standard InChI is InChI=1S/C27H26N2S2/c1-27(2,21-9-5-3-7-19(21)17-11-13-25(30)23(28)15-17)22-10-6-4-8-20(22)18-12-14-26(31)24(29)16-18/h3-16,30-31H,28-29H2,1-2H3. The van der Waals surface area contributed by atoms with Gasteiger partial charge in [-0.15, -0.1) is 25.3 Å². The maximum absolute atomic E-state index is 6.16. The molecule has 0 heterocycles. The van der Waals surface area contributed by atoms with Crippen molar-refractivity contribution < 1.29 is 0 Å². The number of hydrogen-bond donors (Lipinski definition) is 4. The summed E-state index contributed by atoms with van der Waals surface area (Å²) in [7, 11) is 0. The minimum absolute atomic E-state index is 0.268. The van der Waals surface area contributed by atoms with Crippen LogP contribution in [0.4, 0.5) is 11.4 Å². The van der Waals surface area contributed by atoms with Crippen molar-refractivity contribution >= 4 is 36.6 Å². The number of nitrogen functional groups attached to an aromatic ring is 2. The third-order valence-electron chi connectivity index (χ3n) is 5.88. The van der Waals surface area contributed by atoms with Gasteiger partial charge in [-0.1, -0.05) is 74.5 Å². The van der Waals surface area contributed by atoms with Crippen LogP contribution in [-0.4, -0.2) is 0 Å². The number of benzene rings is 4. The van der Waals surface area contributed by atoms with Crippen molar-refractivity contribution in [3.8, 4) is 22.3 Å². The lowest BCUT2D eigenvalue weighted by atomic mass is 9.72. The SMILES string of the molecule is CC(C)(c1ccccc1-c1ccc(S)c(N)c1)c1ccccc1-c1ccc(S)c(N)c1. The van der Waals surface area contributed by atoms with Crippen molar-refractivity contribution in [2.45, 2.75) is 29.1 Å². The summed E-state index contributed by atoms with van der Waals surface area (Å²) in [5.41, 5.74) is 20.4. The highest BCUT2D eigenvalue weighted by atomic mass is 32.1. The predicted octanol–water partition coefficient (Wildman–Crippen LogP) is 7.09. The molecule has 4 N–H and O–H groups in total. The van der Waals surface area contributed by atoms with Gasteiger partial charge in [-0.3, -0.25) is 0 Å². The molecule has 0 radical (unpaired) electrons. The van der Waals surface area contributed by atoms with Crippen LogP contribution in [-0.2, 0) is 5.41 Å². The van der Waals surface area contributed by atoms with Gasteiger partial charge >= 0.3 is 0 Å². The van der Waals surface area contributed by atoms with Crippen LogP contribution in [0.3, 0.4) is 0 Å². The Kier molecular flexibility index (Phi) is 5.78. The monoisotopic (exact) mass is 442 g/mol. The predicted molar refractivity (Wildman–Crippen MR) is 139 cm³/mol. The van der Waals surface area contributed by atoms with E-state index in [0.717, 1.165) is 32.0 Å². The van der Waals surface area contributed by atoms with Gasteiger partial charge in [0.05, 0.1) is 0 Å². The van der Waals surface area contributed by atoms with Gasteiger partial charge in [0.1, 0.15) is 0 Å². The first-order valence-corrected chi connectivity index (χ1v) is 11.0. The highest BCUT2D eigenvalue weighted by Gasteiger charge is 2.28. The van der Waals surface area contributed by atoms with Crippen molar-refractivity contribution in [1.82, 2.24) is 0 Å². The van der Waals surface area contributed by atoms with Crippen molar-refractivity contribution in [2.24, 2.45) is 0 Å². The van der Waals surface area contributed by atoms with E-state index >= 15 is 0 Å². The molecule has 0 aromatic heterocycles. The lowest BCUT2D eigenvalue weighted by molar-refractivity contribution is 0.644. The maximum atomic E-state index is 6.16. The Morgan fingerprint density at radius 3 is 1.35 bits per heavy atom. The molecule has 2 nitrogen and oxygen atoms in total. The zero-order chi connectivity index (χ0) is 22.2. The first-order chi connectivity index (χ1) is 14.8. The molecule has 0 atom stereocenters. The van der Waals surface area contributed by atoms with Gasteiger partial charge in [0, 0.05) is 26.6 Å². The van der Waals surface area contributed by atoms with E-state index in [-0.39, 0.29) is 5.41 Å². The molecule has 0 aliphatic carbocycles. The van der Waals surface area contributed by atoms with Crippen LogP contribution in [0.2, 0.25) is 0 Å². The molecule has 0 saturated carbocycles. The molecule has 156 valence electrons. The number of anilines is 2. The van der Waals surface area contributed by atoms with Gasteiger partial charge < -0.3 is 11.5 Å².